The summed E-state index contributed by atoms with van der Waals surface area (Å²) < 4.78 is 1.28. The number of allylic oxidation sites excluding steroid dienone is 1. The van der Waals surface area contributed by atoms with E-state index in [0.717, 1.165) is 18.4 Å². The first-order valence-corrected chi connectivity index (χ1v) is 5.76. The van der Waals surface area contributed by atoms with E-state index in [1.807, 2.05) is 12.1 Å². The van der Waals surface area contributed by atoms with Crippen molar-refractivity contribution in [3.05, 3.63) is 47.4 Å². The summed E-state index contributed by atoms with van der Waals surface area (Å²) in [7, 11) is 0. The number of hydrogen-bond acceptors (Lipinski definition) is 1. The minimum Gasteiger partial charge on any atom is -0.139 e. The highest BCUT2D eigenvalue weighted by molar-refractivity contribution is 7.19. The van der Waals surface area contributed by atoms with E-state index in [1.54, 1.807) is 11.3 Å². The van der Waals surface area contributed by atoms with Gasteiger partial charge in [0.25, 0.3) is 0 Å². The van der Waals surface area contributed by atoms with Crippen LogP contribution in [0.1, 0.15) is 16.9 Å². The maximum atomic E-state index is 5.56. The zero-order valence-electron chi connectivity index (χ0n) is 8.49. The average molecular weight is 212 g/mol. The Morgan fingerprint density at radius 2 is 2.20 bits per heavy atom. The van der Waals surface area contributed by atoms with E-state index in [9.17, 15) is 0 Å². The Hall–Kier alpha value is -1.52. The van der Waals surface area contributed by atoms with Crippen molar-refractivity contribution in [3.63, 3.8) is 0 Å². The standard InChI is InChI=1S/C14H12S/c1-3-5-9-13-11(4-2)12-8-6-7-10-14(12)15-13/h2-3,6-8,10H,1,5,9H2. The molecular weight excluding hydrogens is 200 g/mol. The van der Waals surface area contributed by atoms with Crippen LogP contribution in [0.2, 0.25) is 0 Å². The van der Waals surface area contributed by atoms with E-state index >= 15 is 0 Å². The van der Waals surface area contributed by atoms with Crippen molar-refractivity contribution in [2.24, 2.45) is 0 Å². The molecule has 0 aliphatic carbocycles. The molecule has 0 amide bonds. The van der Waals surface area contributed by atoms with Gasteiger partial charge in [-0.2, -0.15) is 0 Å². The predicted molar refractivity (Wildman–Crippen MR) is 68.3 cm³/mol. The van der Waals surface area contributed by atoms with Crippen LogP contribution in [0.5, 0.6) is 0 Å². The highest BCUT2D eigenvalue weighted by Gasteiger charge is 2.08. The van der Waals surface area contributed by atoms with Crippen LogP contribution in [-0.2, 0) is 6.42 Å². The molecule has 0 atom stereocenters. The lowest BCUT2D eigenvalue weighted by atomic mass is 10.1. The third kappa shape index (κ3) is 1.82. The molecule has 0 unspecified atom stereocenters. The molecule has 0 aliphatic rings. The molecule has 0 spiro atoms. The van der Waals surface area contributed by atoms with Crippen LogP contribution < -0.4 is 0 Å². The van der Waals surface area contributed by atoms with Gasteiger partial charge in [-0.1, -0.05) is 30.2 Å². The average Bonchev–Trinajstić information content (AvgIpc) is 2.63. The first-order valence-electron chi connectivity index (χ1n) is 4.94. The summed E-state index contributed by atoms with van der Waals surface area (Å²) in [5.74, 6) is 2.80. The van der Waals surface area contributed by atoms with Gasteiger partial charge in [-0.25, -0.2) is 0 Å². The van der Waals surface area contributed by atoms with Crippen molar-refractivity contribution in [2.45, 2.75) is 12.8 Å². The molecule has 1 heterocycles. The smallest absolute Gasteiger partial charge is 0.0460 e. The Morgan fingerprint density at radius 1 is 1.40 bits per heavy atom. The summed E-state index contributed by atoms with van der Waals surface area (Å²) in [5, 5.41) is 1.21. The van der Waals surface area contributed by atoms with Gasteiger partial charge in [-0.15, -0.1) is 24.3 Å². The molecule has 15 heavy (non-hydrogen) atoms. The second-order valence-electron chi connectivity index (χ2n) is 3.37. The molecule has 1 aromatic heterocycles. The molecule has 0 fully saturated rings. The van der Waals surface area contributed by atoms with Gasteiger partial charge in [-0.05, 0) is 18.9 Å². The van der Waals surface area contributed by atoms with E-state index in [-0.39, 0.29) is 0 Å². The van der Waals surface area contributed by atoms with E-state index < -0.39 is 0 Å². The van der Waals surface area contributed by atoms with Crippen molar-refractivity contribution in [1.82, 2.24) is 0 Å². The molecule has 0 N–H and O–H groups in total. The molecule has 0 saturated heterocycles. The predicted octanol–water partition coefficient (Wildman–Crippen LogP) is 4.00. The number of hydrogen-bond donors (Lipinski definition) is 0. The highest BCUT2D eigenvalue weighted by Crippen LogP contribution is 2.31. The van der Waals surface area contributed by atoms with E-state index in [4.69, 9.17) is 6.42 Å². The molecule has 1 aromatic carbocycles. The van der Waals surface area contributed by atoms with Crippen LogP contribution in [0, 0.1) is 12.3 Å². The SMILES string of the molecule is C#Cc1c(CCC=C)sc2ccccc12. The maximum absolute atomic E-state index is 5.56. The minimum absolute atomic E-state index is 0.988. The Kier molecular flexibility index (Phi) is 2.89. The molecule has 0 aliphatic heterocycles. The Bertz CT molecular complexity index is 526. The van der Waals surface area contributed by atoms with Crippen molar-refractivity contribution in [2.75, 3.05) is 0 Å². The molecule has 1 heteroatoms. The topological polar surface area (TPSA) is 0 Å². The molecule has 2 rings (SSSR count). The molecule has 0 bridgehead atoms. The summed E-state index contributed by atoms with van der Waals surface area (Å²) in [6.45, 7) is 3.74. The molecule has 0 nitrogen and oxygen atoms in total. The van der Waals surface area contributed by atoms with Gasteiger partial charge in [0.05, 0.1) is 0 Å². The number of aryl methyl sites for hydroxylation is 1. The maximum Gasteiger partial charge on any atom is 0.0460 e. The van der Waals surface area contributed by atoms with Crippen LogP contribution in [-0.4, -0.2) is 0 Å². The van der Waals surface area contributed by atoms with Crippen molar-refractivity contribution < 1.29 is 0 Å². The van der Waals surface area contributed by atoms with Gasteiger partial charge < -0.3 is 0 Å². The van der Waals surface area contributed by atoms with Crippen LogP contribution in [0.4, 0.5) is 0 Å². The normalized spacial score (nSPS) is 10.1. The van der Waals surface area contributed by atoms with Gasteiger partial charge >= 0.3 is 0 Å². The third-order valence-corrected chi connectivity index (χ3v) is 3.62. The van der Waals surface area contributed by atoms with Gasteiger partial charge in [0, 0.05) is 20.5 Å². The van der Waals surface area contributed by atoms with Gasteiger partial charge in [0.1, 0.15) is 0 Å². The second-order valence-corrected chi connectivity index (χ2v) is 4.50. The van der Waals surface area contributed by atoms with Crippen LogP contribution in [0.3, 0.4) is 0 Å². The zero-order valence-corrected chi connectivity index (χ0v) is 9.31. The number of fused-ring (bicyclic) bond motifs is 1. The molecular formula is C14H12S. The second kappa shape index (κ2) is 4.33. The highest BCUT2D eigenvalue weighted by atomic mass is 32.1. The largest absolute Gasteiger partial charge is 0.139 e. The van der Waals surface area contributed by atoms with Crippen molar-refractivity contribution >= 4 is 21.4 Å². The van der Waals surface area contributed by atoms with Crippen LogP contribution >= 0.6 is 11.3 Å². The fourth-order valence-electron chi connectivity index (χ4n) is 1.66. The quantitative estimate of drug-likeness (QED) is 0.533. The van der Waals surface area contributed by atoms with E-state index in [1.165, 1.54) is 15.0 Å². The molecule has 74 valence electrons. The monoisotopic (exact) mass is 212 g/mol. The molecule has 0 radical (unpaired) electrons. The molecule has 0 saturated carbocycles. The Labute approximate surface area is 94.3 Å². The lowest BCUT2D eigenvalue weighted by molar-refractivity contribution is 1.03. The summed E-state index contributed by atoms with van der Waals surface area (Å²) in [6.07, 6.45) is 9.49. The van der Waals surface area contributed by atoms with Crippen molar-refractivity contribution in [3.8, 4) is 12.3 Å². The lowest BCUT2D eigenvalue weighted by Crippen LogP contribution is -1.82. The molecule has 2 aromatic rings. The summed E-state index contributed by atoms with van der Waals surface area (Å²) in [5.41, 5.74) is 1.07. The van der Waals surface area contributed by atoms with Gasteiger partial charge in [-0.3, -0.25) is 0 Å². The lowest BCUT2D eigenvalue weighted by Gasteiger charge is -1.94. The van der Waals surface area contributed by atoms with Gasteiger partial charge in [0.15, 0.2) is 0 Å². The Balaban J connectivity index is 2.55. The van der Waals surface area contributed by atoms with Crippen LogP contribution in [0.15, 0.2) is 36.9 Å². The fraction of sp³-hybridized carbons (Fsp3) is 0.143. The first-order chi connectivity index (χ1) is 7.36. The van der Waals surface area contributed by atoms with Crippen molar-refractivity contribution in [1.29, 1.82) is 0 Å². The minimum atomic E-state index is 0.988. The van der Waals surface area contributed by atoms with Gasteiger partial charge in [0.2, 0.25) is 0 Å². The third-order valence-electron chi connectivity index (χ3n) is 2.39. The number of thiophene rings is 1. The number of terminal acetylenes is 1. The van der Waals surface area contributed by atoms with E-state index in [2.05, 4.69) is 30.7 Å². The summed E-state index contributed by atoms with van der Waals surface area (Å²) >= 11 is 1.80. The first kappa shape index (κ1) is 10.0. The summed E-state index contributed by atoms with van der Waals surface area (Å²) in [4.78, 5) is 1.30. The number of rotatable bonds is 3. The number of benzene rings is 1. The summed E-state index contributed by atoms with van der Waals surface area (Å²) in [6, 6.07) is 8.31. The Morgan fingerprint density at radius 3 is 2.93 bits per heavy atom. The fourth-order valence-corrected chi connectivity index (χ4v) is 2.85. The van der Waals surface area contributed by atoms with Crippen LogP contribution in [0.25, 0.3) is 10.1 Å². The van der Waals surface area contributed by atoms with E-state index in [0.29, 0.717) is 0 Å². The zero-order chi connectivity index (χ0) is 10.7.